The molecule has 0 aliphatic rings. The Morgan fingerprint density at radius 2 is 2.22 bits per heavy atom. The summed E-state index contributed by atoms with van der Waals surface area (Å²) in [6, 6.07) is 0. The van der Waals surface area contributed by atoms with Crippen molar-refractivity contribution in [3.05, 3.63) is 4.88 Å². The van der Waals surface area contributed by atoms with E-state index in [0.717, 1.165) is 9.90 Å². The average Bonchev–Trinajstić information content (AvgIpc) is 2.65. The van der Waals surface area contributed by atoms with Gasteiger partial charge in [0.2, 0.25) is 0 Å². The van der Waals surface area contributed by atoms with Crippen molar-refractivity contribution in [1.82, 2.24) is 0 Å². The first-order valence-corrected chi connectivity index (χ1v) is 7.80. The van der Waals surface area contributed by atoms with Gasteiger partial charge in [-0.05, 0) is 6.26 Å². The van der Waals surface area contributed by atoms with Gasteiger partial charge in [-0.15, -0.1) is 23.1 Å². The van der Waals surface area contributed by atoms with Crippen molar-refractivity contribution in [3.63, 3.8) is 0 Å². The highest BCUT2D eigenvalue weighted by Crippen LogP contribution is 2.42. The summed E-state index contributed by atoms with van der Waals surface area (Å²) in [6.45, 7) is 5.11. The van der Waals surface area contributed by atoms with E-state index in [1.54, 1.807) is 18.9 Å². The Morgan fingerprint density at radius 1 is 1.56 bits per heavy atom. The number of methoxy groups -OCH3 is 1. The number of Topliss-reactive ketones (excluding diaryl/α,β-unsaturated/α-hetero) is 1. The van der Waals surface area contributed by atoms with Crippen molar-refractivity contribution in [2.24, 2.45) is 5.92 Å². The first-order chi connectivity index (χ1) is 8.52. The largest absolute Gasteiger partial charge is 0.396 e. The zero-order valence-electron chi connectivity index (χ0n) is 11.2. The summed E-state index contributed by atoms with van der Waals surface area (Å²) in [5.74, 6) is 0.0695. The Morgan fingerprint density at radius 3 is 2.72 bits per heavy atom. The zero-order valence-corrected chi connectivity index (χ0v) is 12.8. The highest BCUT2D eigenvalue weighted by atomic mass is 32.2. The highest BCUT2D eigenvalue weighted by molar-refractivity contribution is 7.99. The lowest BCUT2D eigenvalue weighted by Crippen LogP contribution is -2.07. The number of thiophene rings is 1. The Kier molecular flexibility index (Phi) is 5.98. The monoisotopic (exact) mass is 288 g/mol. The Balaban J connectivity index is 2.97. The predicted molar refractivity (Wildman–Crippen MR) is 80.0 cm³/mol. The molecule has 0 bridgehead atoms. The third kappa shape index (κ3) is 3.40. The standard InChI is InChI=1S/C12H20N2O2S2/c1-7(2)9(15)10-8(13)11(17-4)12(18-10)14-5-6-16-3/h7,14H,5-6,13H2,1-4H3. The molecule has 18 heavy (non-hydrogen) atoms. The first kappa shape index (κ1) is 15.3. The molecule has 1 aromatic heterocycles. The van der Waals surface area contributed by atoms with Gasteiger partial charge >= 0.3 is 0 Å². The van der Waals surface area contributed by atoms with Crippen LogP contribution in [0.1, 0.15) is 23.5 Å². The number of hydrogen-bond acceptors (Lipinski definition) is 6. The number of rotatable bonds is 7. The fourth-order valence-electron chi connectivity index (χ4n) is 1.46. The number of carbonyl (C=O) groups is 1. The molecule has 0 unspecified atom stereocenters. The number of nitrogens with one attached hydrogen (secondary N) is 1. The van der Waals surface area contributed by atoms with Crippen LogP contribution in [-0.2, 0) is 4.74 Å². The van der Waals surface area contributed by atoms with Gasteiger partial charge in [-0.25, -0.2) is 0 Å². The number of thioether (sulfide) groups is 1. The third-order valence-electron chi connectivity index (χ3n) is 2.44. The number of ketones is 1. The molecule has 0 radical (unpaired) electrons. The van der Waals surface area contributed by atoms with Crippen LogP contribution >= 0.6 is 23.1 Å². The number of nitrogen functional groups attached to an aromatic ring is 1. The quantitative estimate of drug-likeness (QED) is 0.459. The number of hydrogen-bond donors (Lipinski definition) is 2. The Labute approximate surface area is 116 Å². The van der Waals surface area contributed by atoms with E-state index in [4.69, 9.17) is 10.5 Å². The van der Waals surface area contributed by atoms with Crippen molar-refractivity contribution in [2.45, 2.75) is 18.7 Å². The fourth-order valence-corrected chi connectivity index (χ4v) is 3.61. The average molecular weight is 288 g/mol. The molecule has 0 aliphatic heterocycles. The lowest BCUT2D eigenvalue weighted by molar-refractivity contribution is 0.0944. The van der Waals surface area contributed by atoms with Crippen molar-refractivity contribution < 1.29 is 9.53 Å². The molecule has 0 amide bonds. The molecule has 0 saturated carbocycles. The van der Waals surface area contributed by atoms with Gasteiger partial charge in [0.1, 0.15) is 5.00 Å². The van der Waals surface area contributed by atoms with Crippen LogP contribution in [0.2, 0.25) is 0 Å². The van der Waals surface area contributed by atoms with Gasteiger partial charge in [-0.3, -0.25) is 4.79 Å². The van der Waals surface area contributed by atoms with Gasteiger partial charge in [-0.1, -0.05) is 13.8 Å². The van der Waals surface area contributed by atoms with Crippen LogP contribution in [0.5, 0.6) is 0 Å². The summed E-state index contributed by atoms with van der Waals surface area (Å²) in [6.07, 6.45) is 1.96. The van der Waals surface area contributed by atoms with Crippen molar-refractivity contribution in [3.8, 4) is 0 Å². The van der Waals surface area contributed by atoms with E-state index in [1.807, 2.05) is 20.1 Å². The Bertz CT molecular complexity index is 416. The molecule has 0 saturated heterocycles. The van der Waals surface area contributed by atoms with Crippen molar-refractivity contribution >= 4 is 39.6 Å². The van der Waals surface area contributed by atoms with Crippen LogP contribution in [0, 0.1) is 5.92 Å². The van der Waals surface area contributed by atoms with E-state index in [2.05, 4.69) is 5.32 Å². The third-order valence-corrected chi connectivity index (χ3v) is 4.58. The van der Waals surface area contributed by atoms with Gasteiger partial charge in [0.15, 0.2) is 5.78 Å². The maximum atomic E-state index is 12.0. The zero-order chi connectivity index (χ0) is 13.7. The Hall–Kier alpha value is -0.720. The molecule has 3 N–H and O–H groups in total. The van der Waals surface area contributed by atoms with E-state index >= 15 is 0 Å². The normalized spacial score (nSPS) is 10.9. The lowest BCUT2D eigenvalue weighted by Gasteiger charge is -2.04. The number of anilines is 2. The maximum Gasteiger partial charge on any atom is 0.177 e. The summed E-state index contributed by atoms with van der Waals surface area (Å²) >= 11 is 3.00. The highest BCUT2D eigenvalue weighted by Gasteiger charge is 2.22. The number of nitrogens with two attached hydrogens (primary N) is 1. The fraction of sp³-hybridized carbons (Fsp3) is 0.583. The molecule has 6 heteroatoms. The van der Waals surface area contributed by atoms with Crippen LogP contribution in [0.25, 0.3) is 0 Å². The molecule has 0 aliphatic carbocycles. The van der Waals surface area contributed by atoms with E-state index in [-0.39, 0.29) is 11.7 Å². The minimum Gasteiger partial charge on any atom is -0.396 e. The van der Waals surface area contributed by atoms with Crippen molar-refractivity contribution in [1.29, 1.82) is 0 Å². The molecule has 1 heterocycles. The van der Waals surface area contributed by atoms with Gasteiger partial charge in [-0.2, -0.15) is 0 Å². The van der Waals surface area contributed by atoms with E-state index in [1.165, 1.54) is 11.3 Å². The van der Waals surface area contributed by atoms with Gasteiger partial charge < -0.3 is 15.8 Å². The summed E-state index contributed by atoms with van der Waals surface area (Å²) in [5, 5.41) is 4.22. The molecule has 102 valence electrons. The molecule has 4 nitrogen and oxygen atoms in total. The first-order valence-electron chi connectivity index (χ1n) is 5.76. The molecular weight excluding hydrogens is 268 g/mol. The van der Waals surface area contributed by atoms with E-state index < -0.39 is 0 Å². The lowest BCUT2D eigenvalue weighted by atomic mass is 10.1. The van der Waals surface area contributed by atoms with E-state index in [9.17, 15) is 4.79 Å². The topological polar surface area (TPSA) is 64.3 Å². The van der Waals surface area contributed by atoms with Crippen LogP contribution in [0.3, 0.4) is 0 Å². The van der Waals surface area contributed by atoms with Crippen molar-refractivity contribution in [2.75, 3.05) is 37.6 Å². The molecule has 0 atom stereocenters. The number of carbonyl (C=O) groups excluding carboxylic acids is 1. The maximum absolute atomic E-state index is 12.0. The summed E-state index contributed by atoms with van der Waals surface area (Å²) in [7, 11) is 1.66. The molecule has 1 aromatic rings. The SMILES string of the molecule is COCCNc1sc(C(=O)C(C)C)c(N)c1SC. The van der Waals surface area contributed by atoms with Gasteiger partial charge in [0.05, 0.1) is 22.1 Å². The summed E-state index contributed by atoms with van der Waals surface area (Å²) in [4.78, 5) is 13.7. The van der Waals surface area contributed by atoms with Crippen LogP contribution < -0.4 is 11.1 Å². The molecule has 0 fully saturated rings. The van der Waals surface area contributed by atoms with Crippen LogP contribution in [0.4, 0.5) is 10.7 Å². The number of ether oxygens (including phenoxy) is 1. The minimum atomic E-state index is -0.0347. The summed E-state index contributed by atoms with van der Waals surface area (Å²) < 4.78 is 5.00. The van der Waals surface area contributed by atoms with Gasteiger partial charge in [0, 0.05) is 19.6 Å². The van der Waals surface area contributed by atoms with Crippen LogP contribution in [0.15, 0.2) is 4.90 Å². The molecule has 0 aromatic carbocycles. The molecule has 0 spiro atoms. The summed E-state index contributed by atoms with van der Waals surface area (Å²) in [5.41, 5.74) is 6.66. The second-order valence-corrected chi connectivity index (χ2v) is 5.98. The predicted octanol–water partition coefficient (Wildman–Crippen LogP) is 2.95. The second kappa shape index (κ2) is 7.01. The molecule has 1 rings (SSSR count). The second-order valence-electron chi connectivity index (χ2n) is 4.15. The minimum absolute atomic E-state index is 0.0347. The van der Waals surface area contributed by atoms with Crippen LogP contribution in [-0.4, -0.2) is 32.3 Å². The van der Waals surface area contributed by atoms with E-state index in [0.29, 0.717) is 23.7 Å². The molecular formula is C12H20N2O2S2. The van der Waals surface area contributed by atoms with Gasteiger partial charge in [0.25, 0.3) is 0 Å². The smallest absolute Gasteiger partial charge is 0.177 e.